The van der Waals surface area contributed by atoms with Crippen molar-refractivity contribution in [2.75, 3.05) is 36.0 Å². The van der Waals surface area contributed by atoms with Crippen molar-refractivity contribution in [3.63, 3.8) is 0 Å². The van der Waals surface area contributed by atoms with E-state index in [0.717, 1.165) is 12.1 Å². The minimum absolute atomic E-state index is 0. The molecular formula is C15H25N7O. The normalized spacial score (nSPS) is 17.5. The molecule has 0 amide bonds. The summed E-state index contributed by atoms with van der Waals surface area (Å²) in [5, 5.41) is 9.65. The van der Waals surface area contributed by atoms with E-state index in [1.807, 2.05) is 25.7 Å². The summed E-state index contributed by atoms with van der Waals surface area (Å²) in [4.78, 5) is 24.9. The van der Waals surface area contributed by atoms with E-state index in [4.69, 9.17) is 0 Å². The Balaban J connectivity index is 0.000000925. The molecule has 0 saturated carbocycles. The topological polar surface area (TPSA) is 91.2 Å². The number of hydrogen-bond acceptors (Lipinski definition) is 8. The third-order valence-electron chi connectivity index (χ3n) is 3.48. The summed E-state index contributed by atoms with van der Waals surface area (Å²) in [6.07, 6.45) is 6.53. The molecule has 2 aromatic rings. The minimum atomic E-state index is -0.0916. The Bertz CT molecular complexity index is 584. The van der Waals surface area contributed by atoms with Crippen LogP contribution >= 0.6 is 0 Å². The zero-order valence-electron chi connectivity index (χ0n) is 13.8. The van der Waals surface area contributed by atoms with Gasteiger partial charge in [-0.2, -0.15) is 0 Å². The summed E-state index contributed by atoms with van der Waals surface area (Å²) >= 11 is 0. The molecule has 0 aromatic carbocycles. The van der Waals surface area contributed by atoms with Crippen molar-refractivity contribution < 1.29 is 6.53 Å². The SMILES string of the molecule is CC.Cc1cnc(N2CCN(c3ncncn3)C(CO)C2)nc1.[HH]. The number of hydrogen-bond donors (Lipinski definition) is 1. The van der Waals surface area contributed by atoms with Gasteiger partial charge in [0.1, 0.15) is 12.7 Å². The van der Waals surface area contributed by atoms with Crippen molar-refractivity contribution in [1.82, 2.24) is 24.9 Å². The first-order valence-corrected chi connectivity index (χ1v) is 7.81. The Morgan fingerprint density at radius 3 is 2.35 bits per heavy atom. The summed E-state index contributed by atoms with van der Waals surface area (Å²) in [6.45, 7) is 8.07. The van der Waals surface area contributed by atoms with Crippen LogP contribution in [0.3, 0.4) is 0 Å². The van der Waals surface area contributed by atoms with Gasteiger partial charge in [-0.15, -0.1) is 0 Å². The van der Waals surface area contributed by atoms with Crippen LogP contribution in [0.25, 0.3) is 0 Å². The van der Waals surface area contributed by atoms with Gasteiger partial charge in [0.15, 0.2) is 0 Å². The molecule has 23 heavy (non-hydrogen) atoms. The zero-order valence-corrected chi connectivity index (χ0v) is 13.8. The molecule has 8 heteroatoms. The Kier molecular flexibility index (Phi) is 6.16. The summed E-state index contributed by atoms with van der Waals surface area (Å²) in [5.74, 6) is 1.28. The maximum absolute atomic E-state index is 9.65. The monoisotopic (exact) mass is 319 g/mol. The van der Waals surface area contributed by atoms with Crippen LogP contribution in [0.15, 0.2) is 25.0 Å². The van der Waals surface area contributed by atoms with E-state index in [0.29, 0.717) is 25.0 Å². The first-order chi connectivity index (χ1) is 11.3. The molecule has 0 radical (unpaired) electrons. The smallest absolute Gasteiger partial charge is 0.228 e. The van der Waals surface area contributed by atoms with Gasteiger partial charge in [0.25, 0.3) is 0 Å². The Morgan fingerprint density at radius 1 is 1.09 bits per heavy atom. The van der Waals surface area contributed by atoms with Crippen molar-refractivity contribution in [2.45, 2.75) is 26.8 Å². The van der Waals surface area contributed by atoms with Crippen LogP contribution in [0, 0.1) is 6.92 Å². The van der Waals surface area contributed by atoms with E-state index >= 15 is 0 Å². The lowest BCUT2D eigenvalue weighted by molar-refractivity contribution is 0.251. The fourth-order valence-corrected chi connectivity index (χ4v) is 2.39. The quantitative estimate of drug-likeness (QED) is 0.893. The third-order valence-corrected chi connectivity index (χ3v) is 3.48. The van der Waals surface area contributed by atoms with Crippen LogP contribution in [0.4, 0.5) is 11.9 Å². The lowest BCUT2D eigenvalue weighted by atomic mass is 10.2. The number of aryl methyl sites for hydroxylation is 1. The minimum Gasteiger partial charge on any atom is -0.394 e. The van der Waals surface area contributed by atoms with Crippen molar-refractivity contribution in [3.8, 4) is 0 Å². The first-order valence-electron chi connectivity index (χ1n) is 7.81. The summed E-state index contributed by atoms with van der Waals surface area (Å²) in [7, 11) is 0. The predicted octanol–water partition coefficient (Wildman–Crippen LogP) is 0.930. The largest absolute Gasteiger partial charge is 0.394 e. The van der Waals surface area contributed by atoms with Crippen LogP contribution in [0.2, 0.25) is 0 Å². The van der Waals surface area contributed by atoms with Crippen molar-refractivity contribution >= 4 is 11.9 Å². The number of anilines is 2. The molecule has 1 atom stereocenters. The highest BCUT2D eigenvalue weighted by atomic mass is 16.3. The van der Waals surface area contributed by atoms with Gasteiger partial charge < -0.3 is 14.9 Å². The van der Waals surface area contributed by atoms with Gasteiger partial charge in [-0.05, 0) is 12.5 Å². The number of aromatic nitrogens is 5. The number of piperazine rings is 1. The molecule has 1 aliphatic rings. The number of nitrogens with zero attached hydrogens (tertiary/aromatic N) is 7. The van der Waals surface area contributed by atoms with E-state index in [1.165, 1.54) is 12.7 Å². The molecule has 0 spiro atoms. The zero-order chi connectivity index (χ0) is 16.7. The second-order valence-electron chi connectivity index (χ2n) is 4.97. The fraction of sp³-hybridized carbons (Fsp3) is 0.533. The van der Waals surface area contributed by atoms with Gasteiger partial charge in [0.2, 0.25) is 11.9 Å². The van der Waals surface area contributed by atoms with Crippen LogP contribution in [0.5, 0.6) is 0 Å². The summed E-state index contributed by atoms with van der Waals surface area (Å²) in [5.41, 5.74) is 1.03. The molecule has 2 aromatic heterocycles. The van der Waals surface area contributed by atoms with E-state index in [-0.39, 0.29) is 14.1 Å². The van der Waals surface area contributed by atoms with Gasteiger partial charge in [0, 0.05) is 33.5 Å². The second kappa shape index (κ2) is 8.33. The molecule has 8 nitrogen and oxygen atoms in total. The molecule has 0 aliphatic carbocycles. The van der Waals surface area contributed by atoms with Gasteiger partial charge in [-0.1, -0.05) is 13.8 Å². The maximum Gasteiger partial charge on any atom is 0.228 e. The molecule has 1 aliphatic heterocycles. The Labute approximate surface area is 137 Å². The van der Waals surface area contributed by atoms with Crippen molar-refractivity contribution in [2.24, 2.45) is 0 Å². The average molecular weight is 319 g/mol. The highest BCUT2D eigenvalue weighted by Crippen LogP contribution is 2.18. The summed E-state index contributed by atoms with van der Waals surface area (Å²) < 4.78 is 0. The predicted molar refractivity (Wildman–Crippen MR) is 90.5 cm³/mol. The Hall–Kier alpha value is -2.35. The van der Waals surface area contributed by atoms with Gasteiger partial charge in [-0.3, -0.25) is 0 Å². The van der Waals surface area contributed by atoms with E-state index in [2.05, 4.69) is 29.8 Å². The van der Waals surface area contributed by atoms with Crippen molar-refractivity contribution in [1.29, 1.82) is 0 Å². The molecule has 1 unspecified atom stereocenters. The molecule has 1 N–H and O–H groups in total. The lowest BCUT2D eigenvalue weighted by Crippen LogP contribution is -2.56. The molecule has 1 saturated heterocycles. The van der Waals surface area contributed by atoms with Crippen LogP contribution in [-0.4, -0.2) is 62.3 Å². The molecule has 0 bridgehead atoms. The number of aliphatic hydroxyl groups is 1. The van der Waals surface area contributed by atoms with Crippen molar-refractivity contribution in [3.05, 3.63) is 30.6 Å². The molecular weight excluding hydrogens is 294 g/mol. The van der Waals surface area contributed by atoms with E-state index in [9.17, 15) is 5.11 Å². The molecule has 126 valence electrons. The average Bonchev–Trinajstić information content (AvgIpc) is 2.64. The van der Waals surface area contributed by atoms with Crippen LogP contribution in [0.1, 0.15) is 20.8 Å². The van der Waals surface area contributed by atoms with E-state index in [1.54, 1.807) is 12.4 Å². The van der Waals surface area contributed by atoms with Crippen LogP contribution in [-0.2, 0) is 0 Å². The highest BCUT2D eigenvalue weighted by Gasteiger charge is 2.29. The van der Waals surface area contributed by atoms with Crippen LogP contribution < -0.4 is 9.80 Å². The molecule has 3 rings (SSSR count). The van der Waals surface area contributed by atoms with E-state index < -0.39 is 0 Å². The third kappa shape index (κ3) is 4.10. The standard InChI is InChI=1S/C13H17N7O.C2H6.H2/c1-10-4-15-12(16-5-10)19-2-3-20(11(6-19)7-21)13-17-8-14-9-18-13;1-2;/h4-5,8-9,11,21H,2-3,6-7H2,1H3;1-2H3;1H. The lowest BCUT2D eigenvalue weighted by Gasteiger charge is -2.40. The Morgan fingerprint density at radius 2 is 1.74 bits per heavy atom. The highest BCUT2D eigenvalue weighted by molar-refractivity contribution is 5.39. The molecule has 3 heterocycles. The van der Waals surface area contributed by atoms with Gasteiger partial charge in [0.05, 0.1) is 12.6 Å². The first kappa shape index (κ1) is 17.0. The van der Waals surface area contributed by atoms with Gasteiger partial charge in [-0.25, -0.2) is 24.9 Å². The number of rotatable bonds is 3. The maximum atomic E-state index is 9.65. The summed E-state index contributed by atoms with van der Waals surface area (Å²) in [6, 6.07) is -0.0916. The molecule has 1 fully saturated rings. The van der Waals surface area contributed by atoms with Gasteiger partial charge >= 0.3 is 0 Å². The second-order valence-corrected chi connectivity index (χ2v) is 4.97. The fourth-order valence-electron chi connectivity index (χ4n) is 2.39. The number of aliphatic hydroxyl groups excluding tert-OH is 1.